The van der Waals surface area contributed by atoms with Gasteiger partial charge in [-0.05, 0) is 51.5 Å². The Labute approximate surface area is 190 Å². The fourth-order valence-corrected chi connectivity index (χ4v) is 4.65. The second-order valence-electron chi connectivity index (χ2n) is 8.42. The van der Waals surface area contributed by atoms with Crippen LogP contribution in [0.25, 0.3) is 11.3 Å². The van der Waals surface area contributed by atoms with Gasteiger partial charge in [0.2, 0.25) is 5.95 Å². The van der Waals surface area contributed by atoms with Gasteiger partial charge in [0, 0.05) is 31.2 Å². The van der Waals surface area contributed by atoms with Crippen LogP contribution in [0.1, 0.15) is 31.9 Å². The number of halogens is 2. The second kappa shape index (κ2) is 8.89. The summed E-state index contributed by atoms with van der Waals surface area (Å²) in [6.45, 7) is 6.27. The summed E-state index contributed by atoms with van der Waals surface area (Å²) in [6, 6.07) is 5.69. The molecule has 0 aliphatic heterocycles. The van der Waals surface area contributed by atoms with E-state index in [0.29, 0.717) is 9.54 Å². The Morgan fingerprint density at radius 2 is 1.79 bits per heavy atom. The molecule has 3 rings (SSSR count). The molecule has 0 atom stereocenters. The average molecular weight is 479 g/mol. The summed E-state index contributed by atoms with van der Waals surface area (Å²) in [5.74, 6) is -2.05. The summed E-state index contributed by atoms with van der Waals surface area (Å²) in [4.78, 5) is 20.9. The Kier molecular flexibility index (Phi) is 6.55. The molecular formula is C22H24F2N4O4S. The Balaban J connectivity index is 2.17. The van der Waals surface area contributed by atoms with Crippen molar-refractivity contribution in [2.45, 2.75) is 44.9 Å². The summed E-state index contributed by atoms with van der Waals surface area (Å²) in [7, 11) is -3.03. The standard InChI is InChI=1S/C22H24F2N4O4S/c1-14-8-6-11-26-20(14)33(30,31)28-13-15(12-27(5)21(29)32-22(2,3)4)17(23)18(28)16-9-7-10-25-19(16)24/h6-11,13H,12H2,1-5H3. The lowest BCUT2D eigenvalue weighted by atomic mass is 10.1. The van der Waals surface area contributed by atoms with Gasteiger partial charge in [-0.25, -0.2) is 23.1 Å². The van der Waals surface area contributed by atoms with Crippen LogP contribution in [-0.2, 0) is 21.3 Å². The fourth-order valence-electron chi connectivity index (χ4n) is 3.11. The molecule has 11 heteroatoms. The number of carbonyl (C=O) groups excluding carboxylic acids is 1. The molecule has 0 unspecified atom stereocenters. The SMILES string of the molecule is Cc1cccnc1S(=O)(=O)n1cc(CN(C)C(=O)OC(C)(C)C)c(F)c1-c1cccnc1F. The normalized spacial score (nSPS) is 12.0. The first-order valence-corrected chi connectivity index (χ1v) is 11.4. The van der Waals surface area contributed by atoms with E-state index in [0.717, 1.165) is 11.1 Å². The van der Waals surface area contributed by atoms with E-state index in [1.807, 2.05) is 0 Å². The van der Waals surface area contributed by atoms with Crippen molar-refractivity contribution >= 4 is 16.1 Å². The number of nitrogens with zero attached hydrogens (tertiary/aromatic N) is 4. The molecule has 8 nitrogen and oxygen atoms in total. The van der Waals surface area contributed by atoms with E-state index in [4.69, 9.17) is 4.74 Å². The zero-order valence-electron chi connectivity index (χ0n) is 18.8. The number of aromatic nitrogens is 3. The van der Waals surface area contributed by atoms with Crippen molar-refractivity contribution in [3.8, 4) is 11.3 Å². The van der Waals surface area contributed by atoms with Gasteiger partial charge in [0.15, 0.2) is 10.8 Å². The third-order valence-electron chi connectivity index (χ3n) is 4.57. The molecule has 176 valence electrons. The minimum absolute atomic E-state index is 0.154. The fraction of sp³-hybridized carbons (Fsp3) is 0.318. The summed E-state index contributed by atoms with van der Waals surface area (Å²) in [5, 5.41) is -0.308. The molecule has 0 saturated heterocycles. The first-order valence-electron chi connectivity index (χ1n) is 9.95. The average Bonchev–Trinajstić information content (AvgIpc) is 3.04. The van der Waals surface area contributed by atoms with Crippen LogP contribution < -0.4 is 0 Å². The van der Waals surface area contributed by atoms with Gasteiger partial charge in [-0.2, -0.15) is 12.8 Å². The summed E-state index contributed by atoms with van der Waals surface area (Å²) < 4.78 is 62.8. The molecule has 0 aliphatic carbocycles. The predicted octanol–water partition coefficient (Wildman–Crippen LogP) is 4.14. The van der Waals surface area contributed by atoms with Gasteiger partial charge in [0.1, 0.15) is 11.3 Å². The molecule has 3 heterocycles. The Bertz CT molecular complexity index is 1300. The van der Waals surface area contributed by atoms with Crippen molar-refractivity contribution in [3.63, 3.8) is 0 Å². The second-order valence-corrected chi connectivity index (χ2v) is 10.2. The molecule has 0 bridgehead atoms. The highest BCUT2D eigenvalue weighted by atomic mass is 32.2. The number of rotatable bonds is 5. The van der Waals surface area contributed by atoms with Gasteiger partial charge in [-0.3, -0.25) is 0 Å². The first-order chi connectivity index (χ1) is 15.3. The third kappa shape index (κ3) is 5.03. The number of amides is 1. The smallest absolute Gasteiger partial charge is 0.410 e. The minimum Gasteiger partial charge on any atom is -0.444 e. The molecule has 1 amide bonds. The van der Waals surface area contributed by atoms with Crippen LogP contribution in [0.15, 0.2) is 47.9 Å². The van der Waals surface area contributed by atoms with E-state index in [-0.39, 0.29) is 22.7 Å². The number of ether oxygens (including phenoxy) is 1. The van der Waals surface area contributed by atoms with Gasteiger partial charge in [-0.15, -0.1) is 0 Å². The van der Waals surface area contributed by atoms with E-state index < -0.39 is 39.2 Å². The van der Waals surface area contributed by atoms with Crippen LogP contribution in [0.5, 0.6) is 0 Å². The Morgan fingerprint density at radius 1 is 1.15 bits per heavy atom. The maximum atomic E-state index is 15.6. The lowest BCUT2D eigenvalue weighted by Gasteiger charge is -2.24. The Morgan fingerprint density at radius 3 is 2.39 bits per heavy atom. The number of carbonyl (C=O) groups is 1. The van der Waals surface area contributed by atoms with Crippen LogP contribution in [0.3, 0.4) is 0 Å². The predicted molar refractivity (Wildman–Crippen MR) is 117 cm³/mol. The van der Waals surface area contributed by atoms with E-state index in [1.165, 1.54) is 31.6 Å². The highest BCUT2D eigenvalue weighted by Crippen LogP contribution is 2.32. The van der Waals surface area contributed by atoms with Crippen molar-refractivity contribution in [2.75, 3.05) is 7.05 Å². The van der Waals surface area contributed by atoms with Crippen LogP contribution in [0.4, 0.5) is 13.6 Å². The van der Waals surface area contributed by atoms with E-state index in [9.17, 15) is 17.6 Å². The van der Waals surface area contributed by atoms with Gasteiger partial charge in [0.05, 0.1) is 12.1 Å². The molecule has 0 N–H and O–H groups in total. The molecule has 0 aliphatic rings. The highest BCUT2D eigenvalue weighted by Gasteiger charge is 2.31. The maximum Gasteiger partial charge on any atom is 0.410 e. The van der Waals surface area contributed by atoms with E-state index in [1.54, 1.807) is 39.8 Å². The van der Waals surface area contributed by atoms with Crippen LogP contribution in [0.2, 0.25) is 0 Å². The van der Waals surface area contributed by atoms with Crippen molar-refractivity contribution < 1.29 is 26.7 Å². The summed E-state index contributed by atoms with van der Waals surface area (Å²) in [6.07, 6.45) is 2.74. The van der Waals surface area contributed by atoms with Gasteiger partial charge < -0.3 is 9.64 Å². The summed E-state index contributed by atoms with van der Waals surface area (Å²) >= 11 is 0. The highest BCUT2D eigenvalue weighted by molar-refractivity contribution is 7.90. The maximum absolute atomic E-state index is 15.6. The first kappa shape index (κ1) is 24.3. The number of hydrogen-bond donors (Lipinski definition) is 0. The lowest BCUT2D eigenvalue weighted by Crippen LogP contribution is -2.33. The molecular weight excluding hydrogens is 454 g/mol. The van der Waals surface area contributed by atoms with Crippen molar-refractivity contribution in [1.82, 2.24) is 18.8 Å². The summed E-state index contributed by atoms with van der Waals surface area (Å²) in [5.41, 5.74) is -1.49. The lowest BCUT2D eigenvalue weighted by molar-refractivity contribution is 0.0284. The molecule has 0 fully saturated rings. The monoisotopic (exact) mass is 478 g/mol. The number of aryl methyl sites for hydroxylation is 1. The van der Waals surface area contributed by atoms with Gasteiger partial charge in [-0.1, -0.05) is 6.07 Å². The largest absolute Gasteiger partial charge is 0.444 e. The number of pyridine rings is 2. The molecule has 33 heavy (non-hydrogen) atoms. The molecule has 3 aromatic rings. The third-order valence-corrected chi connectivity index (χ3v) is 6.30. The van der Waals surface area contributed by atoms with E-state index >= 15 is 4.39 Å². The Hall–Kier alpha value is -3.34. The van der Waals surface area contributed by atoms with Gasteiger partial charge in [0.25, 0.3) is 10.0 Å². The topological polar surface area (TPSA) is 94.4 Å². The van der Waals surface area contributed by atoms with Crippen LogP contribution in [0, 0.1) is 18.7 Å². The zero-order valence-corrected chi connectivity index (χ0v) is 19.7. The van der Waals surface area contributed by atoms with E-state index in [2.05, 4.69) is 9.97 Å². The van der Waals surface area contributed by atoms with Crippen molar-refractivity contribution in [2.24, 2.45) is 0 Å². The van der Waals surface area contributed by atoms with Crippen LogP contribution in [-0.4, -0.2) is 46.0 Å². The van der Waals surface area contributed by atoms with Crippen LogP contribution >= 0.6 is 0 Å². The number of hydrogen-bond acceptors (Lipinski definition) is 6. The molecule has 0 radical (unpaired) electrons. The molecule has 0 saturated carbocycles. The minimum atomic E-state index is -4.42. The van der Waals surface area contributed by atoms with Crippen molar-refractivity contribution in [3.05, 3.63) is 65.7 Å². The van der Waals surface area contributed by atoms with Crippen molar-refractivity contribution in [1.29, 1.82) is 0 Å². The molecule has 0 aromatic carbocycles. The molecule has 0 spiro atoms. The quantitative estimate of drug-likeness (QED) is 0.512. The van der Waals surface area contributed by atoms with Gasteiger partial charge >= 0.3 is 6.09 Å². The molecule has 3 aromatic heterocycles. The zero-order chi connectivity index (χ0) is 24.6.